The van der Waals surface area contributed by atoms with Crippen LogP contribution in [0.3, 0.4) is 0 Å². The van der Waals surface area contributed by atoms with Gasteiger partial charge in [0.15, 0.2) is 11.4 Å². The zero-order chi connectivity index (χ0) is 50.0. The number of nitrogens with zero attached hydrogens (tertiary/aromatic N) is 5. The van der Waals surface area contributed by atoms with Gasteiger partial charge in [-0.25, -0.2) is 27.3 Å². The SMILES string of the molecule is CC(C)c1ccccc1[C@@H]1CN(C(N)=O)CC[C@@H]1N1CC2(CCN(c3ccc(C(=O)NS(=O)(=O)c4cc5c(c([N+](=O)[O-])c4)N[C@@H]([C@H]4CC[C@](C)(O)CC4)CO5)c(Oc4cnc5[nH]cc(F)c5c4)c3)CC2)C1. The summed E-state index contributed by atoms with van der Waals surface area (Å²) in [6.45, 7) is 10.7. The molecular weight excluding hydrogens is 934 g/mol. The van der Waals surface area contributed by atoms with Gasteiger partial charge in [-0.1, -0.05) is 38.1 Å². The average Bonchev–Trinajstić information content (AvgIpc) is 3.71. The van der Waals surface area contributed by atoms with Gasteiger partial charge in [0.1, 0.15) is 29.6 Å². The molecular formula is C51H60FN9O9S. The average molecular weight is 994 g/mol. The van der Waals surface area contributed by atoms with E-state index < -0.39 is 48.9 Å². The number of pyridine rings is 1. The molecule has 0 unspecified atom stereocenters. The highest BCUT2D eigenvalue weighted by atomic mass is 32.2. The molecule has 3 saturated heterocycles. The Kier molecular flexibility index (Phi) is 12.6. The molecule has 6 N–H and O–H groups in total. The third-order valence-corrected chi connectivity index (χ3v) is 17.1. The molecule has 10 rings (SSSR count). The van der Waals surface area contributed by atoms with E-state index in [-0.39, 0.29) is 75.5 Å². The molecule has 0 radical (unpaired) electrons. The molecule has 3 amide bonds. The summed E-state index contributed by atoms with van der Waals surface area (Å²) in [6.07, 6.45) is 7.69. The van der Waals surface area contributed by atoms with Crippen molar-refractivity contribution in [1.29, 1.82) is 0 Å². The summed E-state index contributed by atoms with van der Waals surface area (Å²) in [4.78, 5) is 51.2. The zero-order valence-electron chi connectivity index (χ0n) is 40.0. The molecule has 3 atom stereocenters. The molecule has 5 aromatic rings. The van der Waals surface area contributed by atoms with Gasteiger partial charge >= 0.3 is 6.03 Å². The molecule has 5 aliphatic rings. The number of nitrogens with two attached hydrogens (primary N) is 1. The van der Waals surface area contributed by atoms with Crippen molar-refractivity contribution in [2.75, 3.05) is 56.1 Å². The summed E-state index contributed by atoms with van der Waals surface area (Å²) in [5.74, 6) is -1.05. The van der Waals surface area contributed by atoms with Crippen LogP contribution >= 0.6 is 0 Å². The number of aromatic nitrogens is 2. The number of sulfonamides is 1. The Morgan fingerprint density at radius 3 is 2.51 bits per heavy atom. The van der Waals surface area contributed by atoms with Crippen LogP contribution in [0.5, 0.6) is 17.2 Å². The second-order valence-electron chi connectivity index (χ2n) is 20.8. The number of fused-ring (bicyclic) bond motifs is 2. The molecule has 4 aliphatic heterocycles. The highest BCUT2D eigenvalue weighted by Crippen LogP contribution is 2.48. The molecule has 4 fully saturated rings. The maximum absolute atomic E-state index is 14.7. The number of amides is 3. The lowest BCUT2D eigenvalue weighted by atomic mass is 9.69. The van der Waals surface area contributed by atoms with Crippen molar-refractivity contribution in [3.63, 3.8) is 0 Å². The van der Waals surface area contributed by atoms with Crippen LogP contribution in [0.2, 0.25) is 0 Å². The van der Waals surface area contributed by atoms with Crippen molar-refractivity contribution in [2.24, 2.45) is 17.1 Å². The molecule has 71 heavy (non-hydrogen) atoms. The molecule has 1 spiro atoms. The summed E-state index contributed by atoms with van der Waals surface area (Å²) in [5, 5.41) is 26.2. The standard InChI is InChI=1S/C51H60FN9O9S/c1-30(2)35-6-4-5-7-36(35)39-26-59(49(53)63)17-12-42(39)60-28-51(29-60)15-18-58(19-16-51)32-8-9-37(44(20-32)70-33-21-38-40(52)25-55-47(38)54-24-33)48(62)57-71(67,68)34-22-43(61(65)66)46-45(23-34)69-27-41(56-46)31-10-13-50(3,64)14-11-31/h4-9,20-25,30-31,39,41-42,56,64H,10-19,26-29H2,1-3H3,(H2,53,63)(H,54,55)(H,57,62)/t31-,39-,41+,42-,50-/m0/s1. The van der Waals surface area contributed by atoms with E-state index in [4.69, 9.17) is 15.2 Å². The maximum Gasteiger partial charge on any atom is 0.314 e. The van der Waals surface area contributed by atoms with Gasteiger partial charge < -0.3 is 40.4 Å². The number of nitro groups is 1. The van der Waals surface area contributed by atoms with Gasteiger partial charge in [-0.3, -0.25) is 19.8 Å². The Morgan fingerprint density at radius 2 is 1.79 bits per heavy atom. The van der Waals surface area contributed by atoms with Crippen molar-refractivity contribution < 1.29 is 41.9 Å². The lowest BCUT2D eigenvalue weighted by Gasteiger charge is -2.59. The third-order valence-electron chi connectivity index (χ3n) is 15.7. The molecule has 18 nitrogen and oxygen atoms in total. The zero-order valence-corrected chi connectivity index (χ0v) is 40.8. The van der Waals surface area contributed by atoms with Crippen LogP contribution in [0.4, 0.5) is 26.2 Å². The highest BCUT2D eigenvalue weighted by molar-refractivity contribution is 7.90. The number of piperidine rings is 2. The van der Waals surface area contributed by atoms with Crippen molar-refractivity contribution in [2.45, 2.75) is 100 Å². The minimum absolute atomic E-state index is 0.0170. The molecule has 1 aliphatic carbocycles. The number of nitro benzene ring substituents is 1. The smallest absolute Gasteiger partial charge is 0.314 e. The minimum atomic E-state index is -4.74. The molecule has 1 saturated carbocycles. The summed E-state index contributed by atoms with van der Waals surface area (Å²) in [6, 6.07) is 16.4. The van der Waals surface area contributed by atoms with Gasteiger partial charge in [-0.05, 0) is 98.4 Å². The number of benzene rings is 3. The van der Waals surface area contributed by atoms with Crippen molar-refractivity contribution in [3.05, 3.63) is 106 Å². The number of likely N-dealkylation sites (tertiary alicyclic amines) is 2. The molecule has 20 heteroatoms. The number of urea groups is 1. The van der Waals surface area contributed by atoms with Crippen LogP contribution < -0.4 is 30.1 Å². The van der Waals surface area contributed by atoms with Crippen LogP contribution in [0.1, 0.15) is 99.0 Å². The van der Waals surface area contributed by atoms with Crippen molar-refractivity contribution >= 4 is 50.1 Å². The van der Waals surface area contributed by atoms with Crippen LogP contribution in [-0.4, -0.2) is 114 Å². The first-order valence-electron chi connectivity index (χ1n) is 24.4. The number of nitrogens with one attached hydrogen (secondary N) is 3. The third kappa shape index (κ3) is 9.56. The Bertz CT molecular complexity index is 2990. The van der Waals surface area contributed by atoms with Gasteiger partial charge in [0, 0.05) is 81.3 Å². The van der Waals surface area contributed by atoms with E-state index in [1.807, 2.05) is 0 Å². The number of ether oxygens (including phenoxy) is 2. The Balaban J connectivity index is 0.865. The van der Waals surface area contributed by atoms with E-state index in [0.717, 1.165) is 50.2 Å². The number of halogens is 1. The van der Waals surface area contributed by atoms with E-state index in [1.165, 1.54) is 35.7 Å². The fourth-order valence-corrected chi connectivity index (χ4v) is 12.7. The van der Waals surface area contributed by atoms with E-state index in [1.54, 1.807) is 24.0 Å². The number of hydrogen-bond donors (Lipinski definition) is 5. The Hall–Kier alpha value is -6.51. The van der Waals surface area contributed by atoms with E-state index in [0.29, 0.717) is 57.8 Å². The summed E-state index contributed by atoms with van der Waals surface area (Å²) >= 11 is 0. The second-order valence-corrected chi connectivity index (χ2v) is 22.5. The highest BCUT2D eigenvalue weighted by Gasteiger charge is 2.50. The molecule has 6 heterocycles. The molecule has 376 valence electrons. The normalized spacial score (nSPS) is 24.4. The topological polar surface area (TPSA) is 239 Å². The van der Waals surface area contributed by atoms with E-state index in [2.05, 4.69) is 67.9 Å². The Morgan fingerprint density at radius 1 is 1.04 bits per heavy atom. The van der Waals surface area contributed by atoms with E-state index in [9.17, 15) is 37.6 Å². The first-order valence-corrected chi connectivity index (χ1v) is 25.9. The maximum atomic E-state index is 14.7. The first-order chi connectivity index (χ1) is 33.9. The number of primary amides is 1. The number of anilines is 2. The van der Waals surface area contributed by atoms with Gasteiger partial charge in [0.2, 0.25) is 0 Å². The fourth-order valence-electron chi connectivity index (χ4n) is 11.7. The lowest BCUT2D eigenvalue weighted by Crippen LogP contribution is -2.66. The number of carbonyl (C=O) groups is 2. The summed E-state index contributed by atoms with van der Waals surface area (Å²) < 4.78 is 57.0. The number of aliphatic hydroxyl groups is 1. The van der Waals surface area contributed by atoms with Gasteiger partial charge in [0.05, 0.1) is 38.6 Å². The molecule has 3 aromatic carbocycles. The summed E-state index contributed by atoms with van der Waals surface area (Å²) in [7, 11) is -4.74. The molecule has 2 aromatic heterocycles. The minimum Gasteiger partial charge on any atom is -0.489 e. The monoisotopic (exact) mass is 993 g/mol. The number of rotatable bonds is 11. The fraction of sp³-hybridized carbons (Fsp3) is 0.471. The lowest BCUT2D eigenvalue weighted by molar-refractivity contribution is -0.384. The number of carbonyl (C=O) groups excluding carboxylic acids is 2. The number of H-pyrrole nitrogens is 1. The second kappa shape index (κ2) is 18.6. The van der Waals surface area contributed by atoms with Crippen molar-refractivity contribution in [3.8, 4) is 17.2 Å². The summed E-state index contributed by atoms with van der Waals surface area (Å²) in [5.41, 5.74) is 8.06. The van der Waals surface area contributed by atoms with Gasteiger partial charge in [-0.15, -0.1) is 0 Å². The molecule has 0 bridgehead atoms. The number of hydrogen-bond acceptors (Lipinski definition) is 13. The van der Waals surface area contributed by atoms with Crippen LogP contribution in [-0.2, 0) is 10.0 Å². The Labute approximate surface area is 411 Å². The van der Waals surface area contributed by atoms with Crippen molar-refractivity contribution in [1.82, 2.24) is 24.5 Å². The van der Waals surface area contributed by atoms with Crippen LogP contribution in [0.15, 0.2) is 78.0 Å². The van der Waals surface area contributed by atoms with Crippen LogP contribution in [0.25, 0.3) is 11.0 Å². The van der Waals surface area contributed by atoms with Crippen LogP contribution in [0, 0.1) is 27.3 Å². The quantitative estimate of drug-likeness (QED) is 0.0634. The predicted molar refractivity (Wildman–Crippen MR) is 264 cm³/mol. The predicted octanol–water partition coefficient (Wildman–Crippen LogP) is 7.60. The largest absolute Gasteiger partial charge is 0.489 e. The van der Waals surface area contributed by atoms with Gasteiger partial charge in [0.25, 0.3) is 21.6 Å². The van der Waals surface area contributed by atoms with Gasteiger partial charge in [-0.2, -0.15) is 0 Å². The first kappa shape index (κ1) is 48.1. The number of aromatic amines is 1. The van der Waals surface area contributed by atoms with E-state index >= 15 is 0 Å².